The zero-order chi connectivity index (χ0) is 13.8. The van der Waals surface area contributed by atoms with Crippen LogP contribution in [0.15, 0.2) is 24.3 Å². The number of nitrogens with one attached hydrogen (secondary N) is 1. The average molecular weight is 256 g/mol. The van der Waals surface area contributed by atoms with Crippen molar-refractivity contribution in [2.75, 3.05) is 11.9 Å². The number of para-hydroxylation sites is 1. The van der Waals surface area contributed by atoms with E-state index in [4.69, 9.17) is 6.42 Å². The Balaban J connectivity index is 2.25. The molecular formula is C16H20N2O. The van der Waals surface area contributed by atoms with Crippen molar-refractivity contribution in [1.82, 2.24) is 5.32 Å². The lowest BCUT2D eigenvalue weighted by molar-refractivity contribution is -0.119. The van der Waals surface area contributed by atoms with Crippen LogP contribution >= 0.6 is 0 Å². The minimum atomic E-state index is 0.0208. The van der Waals surface area contributed by atoms with E-state index in [0.717, 1.165) is 24.1 Å². The van der Waals surface area contributed by atoms with E-state index in [1.807, 2.05) is 25.2 Å². The van der Waals surface area contributed by atoms with E-state index in [9.17, 15) is 4.79 Å². The summed E-state index contributed by atoms with van der Waals surface area (Å²) in [5.74, 6) is 2.90. The molecule has 2 unspecified atom stereocenters. The molecule has 0 spiro atoms. The van der Waals surface area contributed by atoms with Gasteiger partial charge in [-0.2, -0.15) is 0 Å². The molecule has 0 aliphatic carbocycles. The first-order valence-corrected chi connectivity index (χ1v) is 6.75. The van der Waals surface area contributed by atoms with Gasteiger partial charge in [-0.3, -0.25) is 10.1 Å². The highest BCUT2D eigenvalue weighted by atomic mass is 16.2. The lowest BCUT2D eigenvalue weighted by atomic mass is 9.95. The highest BCUT2D eigenvalue weighted by Crippen LogP contribution is 2.33. The molecule has 1 aliphatic heterocycles. The third kappa shape index (κ3) is 2.80. The van der Waals surface area contributed by atoms with Crippen LogP contribution in [0, 0.1) is 12.3 Å². The smallest absolute Gasteiger partial charge is 0.228 e. The number of rotatable bonds is 4. The molecule has 1 amide bonds. The third-order valence-corrected chi connectivity index (χ3v) is 3.61. The van der Waals surface area contributed by atoms with Gasteiger partial charge >= 0.3 is 0 Å². The predicted octanol–water partition coefficient (Wildman–Crippen LogP) is 2.49. The normalized spacial score (nSPS) is 19.7. The lowest BCUT2D eigenvalue weighted by Gasteiger charge is -2.33. The van der Waals surface area contributed by atoms with Gasteiger partial charge in [-0.1, -0.05) is 37.5 Å². The molecule has 0 saturated heterocycles. The maximum Gasteiger partial charge on any atom is 0.228 e. The number of nitrogens with zero attached hydrogens (tertiary/aromatic N) is 1. The largest absolute Gasteiger partial charge is 0.315 e. The van der Waals surface area contributed by atoms with Crippen LogP contribution in [-0.4, -0.2) is 19.0 Å². The number of hydrogen-bond donors (Lipinski definition) is 1. The quantitative estimate of drug-likeness (QED) is 0.839. The number of carbonyl (C=O) groups excluding carboxylic acids is 1. The molecule has 3 heteroatoms. The Morgan fingerprint density at radius 3 is 2.95 bits per heavy atom. The first kappa shape index (κ1) is 13.6. The van der Waals surface area contributed by atoms with Crippen molar-refractivity contribution in [2.45, 2.75) is 38.3 Å². The second-order valence-electron chi connectivity index (χ2n) is 4.94. The molecule has 0 saturated carbocycles. The van der Waals surface area contributed by atoms with Gasteiger partial charge in [0.2, 0.25) is 5.91 Å². The Bertz CT molecular complexity index is 504. The number of anilines is 1. The number of amides is 1. The zero-order valence-corrected chi connectivity index (χ0v) is 11.5. The van der Waals surface area contributed by atoms with Gasteiger partial charge in [0.25, 0.3) is 0 Å². The van der Waals surface area contributed by atoms with E-state index in [0.29, 0.717) is 6.42 Å². The van der Waals surface area contributed by atoms with Crippen LogP contribution in [0.3, 0.4) is 0 Å². The molecule has 1 heterocycles. The zero-order valence-electron chi connectivity index (χ0n) is 11.5. The topological polar surface area (TPSA) is 32.3 Å². The van der Waals surface area contributed by atoms with Crippen molar-refractivity contribution in [3.63, 3.8) is 0 Å². The molecule has 3 nitrogen and oxygen atoms in total. The molecule has 100 valence electrons. The van der Waals surface area contributed by atoms with Gasteiger partial charge in [0.15, 0.2) is 0 Å². The minimum Gasteiger partial charge on any atom is -0.315 e. The maximum atomic E-state index is 12.0. The molecule has 2 rings (SSSR count). The van der Waals surface area contributed by atoms with Crippen molar-refractivity contribution < 1.29 is 4.79 Å². The summed E-state index contributed by atoms with van der Waals surface area (Å²) in [4.78, 5) is 13.7. The number of benzene rings is 1. The summed E-state index contributed by atoms with van der Waals surface area (Å²) in [5, 5.41) is 3.43. The van der Waals surface area contributed by atoms with Gasteiger partial charge in [0, 0.05) is 25.2 Å². The van der Waals surface area contributed by atoms with Gasteiger partial charge in [-0.25, -0.2) is 0 Å². The Morgan fingerprint density at radius 1 is 1.53 bits per heavy atom. The predicted molar refractivity (Wildman–Crippen MR) is 77.9 cm³/mol. The summed E-state index contributed by atoms with van der Waals surface area (Å²) in [6.45, 7) is 2.11. The van der Waals surface area contributed by atoms with Gasteiger partial charge in [0.1, 0.15) is 0 Å². The summed E-state index contributed by atoms with van der Waals surface area (Å²) in [6.07, 6.45) is 7.98. The van der Waals surface area contributed by atoms with Gasteiger partial charge in [-0.15, -0.1) is 6.42 Å². The SMILES string of the molecule is C#CC(CCC)NC1CC(=O)N(C)c2ccccc21. The maximum absolute atomic E-state index is 12.0. The van der Waals surface area contributed by atoms with Crippen LogP contribution in [0.2, 0.25) is 0 Å². The first-order chi connectivity index (χ1) is 9.17. The molecule has 0 fully saturated rings. The first-order valence-electron chi connectivity index (χ1n) is 6.75. The van der Waals surface area contributed by atoms with Gasteiger partial charge in [-0.05, 0) is 18.1 Å². The minimum absolute atomic E-state index is 0.0208. The summed E-state index contributed by atoms with van der Waals surface area (Å²) in [7, 11) is 1.82. The molecule has 19 heavy (non-hydrogen) atoms. The Morgan fingerprint density at radius 2 is 2.26 bits per heavy atom. The van der Waals surface area contributed by atoms with E-state index in [1.165, 1.54) is 0 Å². The Kier molecular flexibility index (Phi) is 4.24. The van der Waals surface area contributed by atoms with E-state index < -0.39 is 0 Å². The molecule has 1 aromatic carbocycles. The van der Waals surface area contributed by atoms with E-state index in [1.54, 1.807) is 4.90 Å². The fourth-order valence-corrected chi connectivity index (χ4v) is 2.54. The second-order valence-corrected chi connectivity index (χ2v) is 4.94. The standard InChI is InChI=1S/C16H20N2O/c1-4-8-12(5-2)17-14-11-16(19)18(3)15-10-7-6-9-13(14)15/h2,6-7,9-10,12,14,17H,4,8,11H2,1,3H3. The summed E-state index contributed by atoms with van der Waals surface area (Å²) in [5.41, 5.74) is 2.13. The molecule has 1 aromatic rings. The van der Waals surface area contributed by atoms with E-state index in [2.05, 4.69) is 24.2 Å². The molecule has 1 N–H and O–H groups in total. The van der Waals surface area contributed by atoms with Crippen molar-refractivity contribution in [1.29, 1.82) is 0 Å². The second kappa shape index (κ2) is 5.90. The third-order valence-electron chi connectivity index (χ3n) is 3.61. The van der Waals surface area contributed by atoms with Crippen molar-refractivity contribution in [3.8, 4) is 12.3 Å². The molecular weight excluding hydrogens is 236 g/mol. The van der Waals surface area contributed by atoms with Gasteiger partial charge in [0.05, 0.1) is 6.04 Å². The molecule has 0 aromatic heterocycles. The average Bonchev–Trinajstić information content (AvgIpc) is 2.44. The Hall–Kier alpha value is -1.79. The van der Waals surface area contributed by atoms with Crippen LogP contribution in [0.25, 0.3) is 0 Å². The summed E-state index contributed by atoms with van der Waals surface area (Å²) in [6, 6.07) is 8.05. The number of terminal acetylenes is 1. The van der Waals surface area contributed by atoms with E-state index in [-0.39, 0.29) is 18.0 Å². The van der Waals surface area contributed by atoms with Crippen LogP contribution in [-0.2, 0) is 4.79 Å². The molecule has 0 bridgehead atoms. The number of hydrogen-bond acceptors (Lipinski definition) is 2. The molecule has 0 radical (unpaired) electrons. The highest BCUT2D eigenvalue weighted by Gasteiger charge is 2.29. The van der Waals surface area contributed by atoms with Crippen LogP contribution in [0.4, 0.5) is 5.69 Å². The number of carbonyl (C=O) groups is 1. The fourth-order valence-electron chi connectivity index (χ4n) is 2.54. The fraction of sp³-hybridized carbons (Fsp3) is 0.438. The van der Waals surface area contributed by atoms with Crippen molar-refractivity contribution in [2.24, 2.45) is 0 Å². The van der Waals surface area contributed by atoms with Crippen LogP contribution < -0.4 is 10.2 Å². The molecule has 2 atom stereocenters. The van der Waals surface area contributed by atoms with Crippen molar-refractivity contribution in [3.05, 3.63) is 29.8 Å². The van der Waals surface area contributed by atoms with E-state index >= 15 is 0 Å². The highest BCUT2D eigenvalue weighted by molar-refractivity contribution is 5.96. The molecule has 1 aliphatic rings. The summed E-state index contributed by atoms with van der Waals surface area (Å²) >= 11 is 0. The van der Waals surface area contributed by atoms with Crippen LogP contribution in [0.5, 0.6) is 0 Å². The number of fused-ring (bicyclic) bond motifs is 1. The lowest BCUT2D eigenvalue weighted by Crippen LogP contribution is -2.41. The van der Waals surface area contributed by atoms with Crippen LogP contribution in [0.1, 0.15) is 37.8 Å². The Labute approximate surface area is 115 Å². The van der Waals surface area contributed by atoms with Crippen molar-refractivity contribution >= 4 is 11.6 Å². The van der Waals surface area contributed by atoms with Gasteiger partial charge < -0.3 is 4.90 Å². The summed E-state index contributed by atoms with van der Waals surface area (Å²) < 4.78 is 0. The monoisotopic (exact) mass is 256 g/mol.